The lowest BCUT2D eigenvalue weighted by atomic mass is 9.91. The lowest BCUT2D eigenvalue weighted by molar-refractivity contribution is -0.115. The number of amides is 4. The standard InChI is InChI=1S/C22H29N9O5/c1-35-8-9-36-22(34)26-15-6-2-13(3-7-15)24-19-28-17-12(10-16-18(32)29-21(33)27-16)11-23-31(17)20(30-19)25-14-4-5-14/h10-11,13-15H,2-9H2,1H3,(H,26,34)(H2,24,25,28,30)(H2,27,29,32,33)/b16-10-/t13-,15-. The number of imide groups is 1. The van der Waals surface area contributed by atoms with Crippen LogP contribution in [-0.2, 0) is 14.3 Å². The molecule has 1 aliphatic heterocycles. The number of rotatable bonds is 9. The predicted octanol–water partition coefficient (Wildman–Crippen LogP) is 0.975. The highest BCUT2D eigenvalue weighted by molar-refractivity contribution is 6.14. The van der Waals surface area contributed by atoms with E-state index in [0.29, 0.717) is 35.8 Å². The van der Waals surface area contributed by atoms with Crippen LogP contribution >= 0.6 is 0 Å². The Balaban J connectivity index is 1.28. The molecule has 14 heteroatoms. The van der Waals surface area contributed by atoms with Crippen LogP contribution in [0.3, 0.4) is 0 Å². The Hall–Kier alpha value is -3.94. The third-order valence-corrected chi connectivity index (χ3v) is 6.23. The fourth-order valence-electron chi connectivity index (χ4n) is 4.19. The quantitative estimate of drug-likeness (QED) is 0.190. The average molecular weight is 500 g/mol. The summed E-state index contributed by atoms with van der Waals surface area (Å²) in [5.41, 5.74) is 1.21. The van der Waals surface area contributed by atoms with Gasteiger partial charge in [0.05, 0.1) is 12.8 Å². The maximum Gasteiger partial charge on any atom is 0.407 e. The second-order valence-electron chi connectivity index (χ2n) is 9.06. The van der Waals surface area contributed by atoms with Gasteiger partial charge < -0.3 is 30.7 Å². The van der Waals surface area contributed by atoms with E-state index in [-0.39, 0.29) is 24.4 Å². The first-order chi connectivity index (χ1) is 17.5. The molecule has 0 atom stereocenters. The van der Waals surface area contributed by atoms with Crippen LogP contribution in [0, 0.1) is 0 Å². The summed E-state index contributed by atoms with van der Waals surface area (Å²) in [6.07, 6.45) is 8.06. The molecule has 3 aliphatic rings. The molecular weight excluding hydrogens is 470 g/mol. The SMILES string of the molecule is COCCOC(=O)N[C@H]1CC[C@H](Nc2nc(NC3CC3)n3ncc(/C=C4\NC(=O)NC4=O)c3n2)CC1. The van der Waals surface area contributed by atoms with Crippen molar-refractivity contribution in [3.05, 3.63) is 17.5 Å². The van der Waals surface area contributed by atoms with Crippen LogP contribution in [0.25, 0.3) is 11.7 Å². The summed E-state index contributed by atoms with van der Waals surface area (Å²) >= 11 is 0. The average Bonchev–Trinajstić information content (AvgIpc) is 3.49. The molecule has 0 bridgehead atoms. The van der Waals surface area contributed by atoms with Crippen LogP contribution in [-0.4, -0.2) is 76.1 Å². The number of hydrogen-bond acceptors (Lipinski definition) is 10. The number of aromatic nitrogens is 4. The van der Waals surface area contributed by atoms with Gasteiger partial charge in [-0.05, 0) is 44.6 Å². The summed E-state index contributed by atoms with van der Waals surface area (Å²) in [7, 11) is 1.56. The molecule has 192 valence electrons. The summed E-state index contributed by atoms with van der Waals surface area (Å²) in [6, 6.07) is -0.0426. The van der Waals surface area contributed by atoms with E-state index in [1.807, 2.05) is 0 Å². The fraction of sp³-hybridized carbons (Fsp3) is 0.545. The van der Waals surface area contributed by atoms with Crippen LogP contribution < -0.4 is 26.6 Å². The van der Waals surface area contributed by atoms with Crippen molar-refractivity contribution >= 4 is 41.7 Å². The number of urea groups is 1. The molecule has 1 saturated heterocycles. The van der Waals surface area contributed by atoms with Crippen LogP contribution in [0.5, 0.6) is 0 Å². The molecular formula is C22H29N9O5. The van der Waals surface area contributed by atoms with Crippen LogP contribution in [0.4, 0.5) is 21.5 Å². The van der Waals surface area contributed by atoms with Gasteiger partial charge in [-0.15, -0.1) is 0 Å². The highest BCUT2D eigenvalue weighted by Crippen LogP contribution is 2.27. The van der Waals surface area contributed by atoms with Gasteiger partial charge in [-0.1, -0.05) is 0 Å². The van der Waals surface area contributed by atoms with E-state index >= 15 is 0 Å². The van der Waals surface area contributed by atoms with E-state index in [0.717, 1.165) is 38.5 Å². The Morgan fingerprint density at radius 1 is 1.06 bits per heavy atom. The monoisotopic (exact) mass is 499 g/mol. The lowest BCUT2D eigenvalue weighted by Crippen LogP contribution is -2.40. The maximum atomic E-state index is 12.0. The van der Waals surface area contributed by atoms with Gasteiger partial charge in [-0.2, -0.15) is 19.6 Å². The number of ether oxygens (including phenoxy) is 2. The zero-order valence-corrected chi connectivity index (χ0v) is 19.9. The van der Waals surface area contributed by atoms with Gasteiger partial charge >= 0.3 is 12.1 Å². The molecule has 2 aromatic rings. The number of carbonyl (C=O) groups excluding carboxylic acids is 3. The lowest BCUT2D eigenvalue weighted by Gasteiger charge is -2.29. The van der Waals surface area contributed by atoms with Gasteiger partial charge in [0, 0.05) is 30.8 Å². The van der Waals surface area contributed by atoms with Crippen molar-refractivity contribution in [3.63, 3.8) is 0 Å². The Labute approximate surface area is 206 Å². The summed E-state index contributed by atoms with van der Waals surface area (Å²) in [6.45, 7) is 0.588. The maximum absolute atomic E-state index is 12.0. The molecule has 2 aromatic heterocycles. The van der Waals surface area contributed by atoms with Crippen LogP contribution in [0.1, 0.15) is 44.1 Å². The van der Waals surface area contributed by atoms with Gasteiger partial charge in [0.15, 0.2) is 5.65 Å². The number of methoxy groups -OCH3 is 1. The van der Waals surface area contributed by atoms with E-state index < -0.39 is 18.0 Å². The number of nitrogens with one attached hydrogen (secondary N) is 5. The molecule has 3 fully saturated rings. The second kappa shape index (κ2) is 10.4. The van der Waals surface area contributed by atoms with Crippen LogP contribution in [0.15, 0.2) is 11.9 Å². The van der Waals surface area contributed by atoms with Gasteiger partial charge in [0.2, 0.25) is 11.9 Å². The first-order valence-corrected chi connectivity index (χ1v) is 12.0. The number of carbonyl (C=O) groups is 3. The third-order valence-electron chi connectivity index (χ3n) is 6.23. The first kappa shape index (κ1) is 23.8. The summed E-state index contributed by atoms with van der Waals surface area (Å²) in [5, 5.41) is 18.8. The highest BCUT2D eigenvalue weighted by atomic mass is 16.6. The van der Waals surface area contributed by atoms with Gasteiger partial charge in [-0.3, -0.25) is 10.1 Å². The Bertz CT molecular complexity index is 1180. The molecule has 0 radical (unpaired) electrons. The summed E-state index contributed by atoms with van der Waals surface area (Å²) in [5.74, 6) is 0.501. The summed E-state index contributed by atoms with van der Waals surface area (Å²) < 4.78 is 11.6. The Kier molecular flexibility index (Phi) is 6.84. The van der Waals surface area contributed by atoms with Gasteiger partial charge in [0.25, 0.3) is 5.91 Å². The minimum Gasteiger partial charge on any atom is -0.447 e. The van der Waals surface area contributed by atoms with E-state index in [9.17, 15) is 14.4 Å². The number of nitrogens with zero attached hydrogens (tertiary/aromatic N) is 4. The minimum atomic E-state index is -0.566. The van der Waals surface area contributed by atoms with Crippen LogP contribution in [0.2, 0.25) is 0 Å². The molecule has 5 N–H and O–H groups in total. The Morgan fingerprint density at radius 2 is 1.78 bits per heavy atom. The zero-order chi connectivity index (χ0) is 25.1. The third kappa shape index (κ3) is 5.64. The van der Waals surface area contributed by atoms with Crippen molar-refractivity contribution in [1.29, 1.82) is 0 Å². The van der Waals surface area contributed by atoms with Gasteiger partial charge in [0.1, 0.15) is 12.3 Å². The molecule has 2 saturated carbocycles. The van der Waals surface area contributed by atoms with Crippen molar-refractivity contribution in [2.24, 2.45) is 0 Å². The second-order valence-corrected chi connectivity index (χ2v) is 9.06. The number of hydrogen-bond donors (Lipinski definition) is 5. The normalized spacial score (nSPS) is 22.9. The molecule has 0 spiro atoms. The molecule has 0 aromatic carbocycles. The van der Waals surface area contributed by atoms with E-state index in [1.165, 1.54) is 0 Å². The van der Waals surface area contributed by atoms with Crippen molar-refractivity contribution in [2.75, 3.05) is 31.0 Å². The number of anilines is 2. The molecule has 4 amide bonds. The minimum absolute atomic E-state index is 0.0504. The van der Waals surface area contributed by atoms with E-state index in [4.69, 9.17) is 9.47 Å². The van der Waals surface area contributed by atoms with Crippen molar-refractivity contribution in [3.8, 4) is 0 Å². The topological polar surface area (TPSA) is 173 Å². The molecule has 5 rings (SSSR count). The number of fused-ring (bicyclic) bond motifs is 1. The van der Waals surface area contributed by atoms with Gasteiger partial charge in [-0.25, -0.2) is 9.59 Å². The first-order valence-electron chi connectivity index (χ1n) is 12.0. The van der Waals surface area contributed by atoms with E-state index in [1.54, 1.807) is 23.9 Å². The molecule has 2 aliphatic carbocycles. The smallest absolute Gasteiger partial charge is 0.407 e. The van der Waals surface area contributed by atoms with Crippen molar-refractivity contribution < 1.29 is 23.9 Å². The number of alkyl carbamates (subject to hydrolysis) is 1. The summed E-state index contributed by atoms with van der Waals surface area (Å²) in [4.78, 5) is 44.6. The molecule has 14 nitrogen and oxygen atoms in total. The zero-order valence-electron chi connectivity index (χ0n) is 19.9. The fourth-order valence-corrected chi connectivity index (χ4v) is 4.19. The van der Waals surface area contributed by atoms with E-state index in [2.05, 4.69) is 41.7 Å². The van der Waals surface area contributed by atoms with Crippen molar-refractivity contribution in [1.82, 2.24) is 35.5 Å². The highest BCUT2D eigenvalue weighted by Gasteiger charge is 2.27. The molecule has 3 heterocycles. The molecule has 0 unspecified atom stereocenters. The predicted molar refractivity (Wildman–Crippen MR) is 128 cm³/mol. The largest absolute Gasteiger partial charge is 0.447 e. The molecule has 36 heavy (non-hydrogen) atoms. The Morgan fingerprint density at radius 3 is 2.47 bits per heavy atom. The van der Waals surface area contributed by atoms with Crippen molar-refractivity contribution in [2.45, 2.75) is 56.7 Å².